The van der Waals surface area contributed by atoms with Crippen molar-refractivity contribution in [2.24, 2.45) is 0 Å². The Morgan fingerprint density at radius 2 is 0.884 bits per heavy atom. The van der Waals surface area contributed by atoms with Crippen LogP contribution in [0.1, 0.15) is 116 Å². The summed E-state index contributed by atoms with van der Waals surface area (Å²) in [5.74, 6) is 0. The van der Waals surface area contributed by atoms with E-state index in [4.69, 9.17) is 23.8 Å². The predicted molar refractivity (Wildman–Crippen MR) is 195 cm³/mol. The van der Waals surface area contributed by atoms with Crippen molar-refractivity contribution in [3.8, 4) is 27.9 Å². The van der Waals surface area contributed by atoms with Gasteiger partial charge < -0.3 is 0 Å². The van der Waals surface area contributed by atoms with E-state index < -0.39 is 0 Å². The summed E-state index contributed by atoms with van der Waals surface area (Å²) in [5, 5.41) is 0.724. The molecule has 1 nitrogen and oxygen atoms in total. The van der Waals surface area contributed by atoms with Crippen LogP contribution in [0.3, 0.4) is 0 Å². The first-order valence-electron chi connectivity index (χ1n) is 15.3. The Balaban J connectivity index is 2.24. The molecule has 1 aromatic heterocycles. The summed E-state index contributed by atoms with van der Waals surface area (Å²) in [5.41, 5.74) is 12.1. The van der Waals surface area contributed by atoms with Gasteiger partial charge in [-0.3, -0.25) is 4.57 Å². The molecule has 0 bridgehead atoms. The molecule has 0 aliphatic rings. The third kappa shape index (κ3) is 7.05. The minimum Gasteiger partial charge on any atom is -0.295 e. The molecule has 3 aromatic carbocycles. The fourth-order valence-corrected chi connectivity index (χ4v) is 7.02. The van der Waals surface area contributed by atoms with Gasteiger partial charge in [0.25, 0.3) is 0 Å². The third-order valence-corrected chi connectivity index (χ3v) is 10.1. The Labute approximate surface area is 275 Å². The van der Waals surface area contributed by atoms with Crippen LogP contribution in [0, 0.1) is 17.8 Å². The standard InChI is InChI=1S/C39H50ClNS2/c1-23-24(2)43-35(42)41(23)34-32(25-15-27(36(3,4)5)19-28(16-25)37(6,7)8)21-31(40)22-33(34)26-17-29(38(9,10)11)20-30(18-26)39(12,13)14/h15-22H,1-14H3. The zero-order valence-electron chi connectivity index (χ0n) is 28.8. The van der Waals surface area contributed by atoms with E-state index in [0.717, 1.165) is 25.8 Å². The highest BCUT2D eigenvalue weighted by Crippen LogP contribution is 2.44. The maximum atomic E-state index is 7.08. The molecule has 0 radical (unpaired) electrons. The van der Waals surface area contributed by atoms with E-state index in [1.54, 1.807) is 11.3 Å². The van der Waals surface area contributed by atoms with Crippen LogP contribution in [0.2, 0.25) is 5.02 Å². The summed E-state index contributed by atoms with van der Waals surface area (Å²) < 4.78 is 3.14. The molecule has 0 aliphatic carbocycles. The van der Waals surface area contributed by atoms with Crippen molar-refractivity contribution in [1.82, 2.24) is 4.57 Å². The van der Waals surface area contributed by atoms with E-state index in [0.29, 0.717) is 0 Å². The summed E-state index contributed by atoms with van der Waals surface area (Å²) in [6, 6.07) is 18.5. The lowest BCUT2D eigenvalue weighted by molar-refractivity contribution is 0.568. The van der Waals surface area contributed by atoms with Gasteiger partial charge in [-0.15, -0.1) is 11.3 Å². The number of thiazole rings is 1. The Morgan fingerprint density at radius 1 is 0.558 bits per heavy atom. The molecule has 4 aromatic rings. The number of benzene rings is 3. The molecule has 230 valence electrons. The maximum Gasteiger partial charge on any atom is 0.166 e. The highest BCUT2D eigenvalue weighted by Gasteiger charge is 2.26. The zero-order valence-corrected chi connectivity index (χ0v) is 31.1. The molecule has 0 saturated carbocycles. The van der Waals surface area contributed by atoms with Crippen LogP contribution in [0.5, 0.6) is 0 Å². The minimum absolute atomic E-state index is 0.00850. The molecule has 0 fully saturated rings. The van der Waals surface area contributed by atoms with Gasteiger partial charge >= 0.3 is 0 Å². The molecule has 0 atom stereocenters. The lowest BCUT2D eigenvalue weighted by atomic mass is 9.77. The van der Waals surface area contributed by atoms with Crippen LogP contribution in [-0.4, -0.2) is 4.57 Å². The van der Waals surface area contributed by atoms with E-state index in [1.807, 2.05) is 0 Å². The molecule has 43 heavy (non-hydrogen) atoms. The monoisotopic (exact) mass is 631 g/mol. The number of aromatic nitrogens is 1. The highest BCUT2D eigenvalue weighted by molar-refractivity contribution is 7.73. The van der Waals surface area contributed by atoms with Gasteiger partial charge in [0, 0.05) is 26.7 Å². The van der Waals surface area contributed by atoms with Gasteiger partial charge in [0.1, 0.15) is 0 Å². The Bertz CT molecular complexity index is 1580. The molecule has 0 spiro atoms. The Hall–Kier alpha value is -2.20. The summed E-state index contributed by atoms with van der Waals surface area (Å²) in [7, 11) is 0. The van der Waals surface area contributed by atoms with E-state index in [1.165, 1.54) is 44.0 Å². The van der Waals surface area contributed by atoms with Crippen molar-refractivity contribution < 1.29 is 0 Å². The van der Waals surface area contributed by atoms with Gasteiger partial charge in [-0.2, -0.15) is 0 Å². The van der Waals surface area contributed by atoms with Crippen molar-refractivity contribution in [2.75, 3.05) is 0 Å². The van der Waals surface area contributed by atoms with Gasteiger partial charge in [-0.05, 0) is 93.2 Å². The van der Waals surface area contributed by atoms with Crippen LogP contribution in [0.4, 0.5) is 0 Å². The van der Waals surface area contributed by atoms with E-state index in [9.17, 15) is 0 Å². The molecule has 0 unspecified atom stereocenters. The first-order chi connectivity index (χ1) is 19.5. The number of nitrogens with zero attached hydrogens (tertiary/aromatic N) is 1. The van der Waals surface area contributed by atoms with Crippen LogP contribution in [-0.2, 0) is 21.7 Å². The van der Waals surface area contributed by atoms with Crippen molar-refractivity contribution >= 4 is 35.2 Å². The largest absolute Gasteiger partial charge is 0.295 e. The quantitative estimate of drug-likeness (QED) is 0.204. The average molecular weight is 632 g/mol. The number of hydrogen-bond donors (Lipinski definition) is 0. The van der Waals surface area contributed by atoms with E-state index in [2.05, 4.69) is 150 Å². The molecule has 4 rings (SSSR count). The fourth-order valence-electron chi connectivity index (χ4n) is 5.38. The summed E-state index contributed by atoms with van der Waals surface area (Å²) in [4.78, 5) is 1.23. The lowest BCUT2D eigenvalue weighted by Crippen LogP contribution is -2.17. The number of hydrogen-bond acceptors (Lipinski definition) is 2. The topological polar surface area (TPSA) is 4.93 Å². The molecular formula is C39H50ClNS2. The third-order valence-electron chi connectivity index (χ3n) is 8.52. The van der Waals surface area contributed by atoms with Gasteiger partial charge in [0.05, 0.1) is 5.69 Å². The number of aryl methyl sites for hydroxylation is 1. The molecule has 0 aliphatic heterocycles. The maximum absolute atomic E-state index is 7.08. The summed E-state index contributed by atoms with van der Waals surface area (Å²) >= 11 is 14.8. The van der Waals surface area contributed by atoms with E-state index >= 15 is 0 Å². The molecule has 0 N–H and O–H groups in total. The molecule has 4 heteroatoms. The number of rotatable bonds is 3. The zero-order chi connectivity index (χ0) is 32.4. The first kappa shape index (κ1) is 33.7. The second-order valence-electron chi connectivity index (χ2n) is 16.3. The van der Waals surface area contributed by atoms with Gasteiger partial charge in [0.15, 0.2) is 3.95 Å². The van der Waals surface area contributed by atoms with Crippen molar-refractivity contribution in [3.63, 3.8) is 0 Å². The fraction of sp³-hybridized carbons (Fsp3) is 0.462. The number of halogens is 1. The minimum atomic E-state index is -0.00850. The normalized spacial score (nSPS) is 13.1. The first-order valence-corrected chi connectivity index (χ1v) is 16.9. The molecule has 0 amide bonds. The second kappa shape index (κ2) is 11.3. The van der Waals surface area contributed by atoms with Gasteiger partial charge in [0.2, 0.25) is 0 Å². The van der Waals surface area contributed by atoms with Crippen molar-refractivity contribution in [1.29, 1.82) is 0 Å². The van der Waals surface area contributed by atoms with Crippen molar-refractivity contribution in [2.45, 2.75) is 119 Å². The SMILES string of the molecule is Cc1sc(=S)n(-c2c(-c3cc(C(C)(C)C)cc(C(C)(C)C)c3)cc(Cl)cc2-c2cc(C(C)(C)C)cc(C(C)(C)C)c2)c1C. The van der Waals surface area contributed by atoms with Crippen LogP contribution >= 0.6 is 35.2 Å². The van der Waals surface area contributed by atoms with Crippen LogP contribution in [0.25, 0.3) is 27.9 Å². The summed E-state index contributed by atoms with van der Waals surface area (Å²) in [6.07, 6.45) is 0. The highest BCUT2D eigenvalue weighted by atomic mass is 35.5. The Morgan fingerprint density at radius 3 is 1.14 bits per heavy atom. The molecule has 1 heterocycles. The molecular weight excluding hydrogens is 582 g/mol. The predicted octanol–water partition coefficient (Wildman–Crippen LogP) is 13.1. The lowest BCUT2D eigenvalue weighted by Gasteiger charge is -2.28. The smallest absolute Gasteiger partial charge is 0.166 e. The van der Waals surface area contributed by atoms with Gasteiger partial charge in [-0.25, -0.2) is 0 Å². The van der Waals surface area contributed by atoms with Gasteiger partial charge in [-0.1, -0.05) is 131 Å². The van der Waals surface area contributed by atoms with Crippen LogP contribution < -0.4 is 0 Å². The van der Waals surface area contributed by atoms with Crippen LogP contribution in [0.15, 0.2) is 48.5 Å². The van der Waals surface area contributed by atoms with E-state index in [-0.39, 0.29) is 21.7 Å². The second-order valence-corrected chi connectivity index (χ2v) is 18.6. The Kier molecular flexibility index (Phi) is 8.86. The summed E-state index contributed by atoms with van der Waals surface area (Å²) in [6.45, 7) is 31.8. The van der Waals surface area contributed by atoms with Crippen molar-refractivity contribution in [3.05, 3.63) is 90.3 Å². The molecule has 0 saturated heterocycles. The average Bonchev–Trinajstić information content (AvgIpc) is 3.11.